The van der Waals surface area contributed by atoms with Gasteiger partial charge in [0.1, 0.15) is 5.78 Å². The Labute approximate surface area is 178 Å². The summed E-state index contributed by atoms with van der Waals surface area (Å²) in [5.74, 6) is 1.91. The molecular formula is C27H42O2. The molecule has 0 aromatic heterocycles. The highest BCUT2D eigenvalue weighted by Gasteiger charge is 2.61. The smallest absolute Gasteiger partial charge is 0.130 e. The van der Waals surface area contributed by atoms with Gasteiger partial charge in [0.2, 0.25) is 0 Å². The predicted octanol–water partition coefficient (Wildman–Crippen LogP) is 6.49. The van der Waals surface area contributed by atoms with E-state index < -0.39 is 0 Å². The standard InChI is InChI=1S/C27H42O2/c1-17(16-18(2)28)26(6)14-11-21-19-8-9-22-24(3,4)23(29)12-13-25(22,5)20(19)10-15-27(21,26)7/h8,11,17,20,22-23,29H,9-10,12-16H2,1-7H3/t17-,20-,22+,23-,25-,26+,27-/m1/s1. The molecule has 0 aliphatic heterocycles. The number of carbonyl (C=O) groups excluding carboxylic acids is 1. The first kappa shape index (κ1) is 21.3. The van der Waals surface area contributed by atoms with Crippen LogP contribution in [0.5, 0.6) is 0 Å². The second kappa shape index (κ2) is 6.55. The van der Waals surface area contributed by atoms with E-state index >= 15 is 0 Å². The molecule has 4 aliphatic carbocycles. The van der Waals surface area contributed by atoms with Gasteiger partial charge in [-0.15, -0.1) is 0 Å². The SMILES string of the molecule is CC(=O)C[C@@H](C)[C@]1(C)CC=C2C3=CC[C@H]4C(C)(C)[C@H](O)CC[C@]4(C)[C@@H]3CC[C@]21C. The topological polar surface area (TPSA) is 37.3 Å². The van der Waals surface area contributed by atoms with Crippen LogP contribution in [-0.4, -0.2) is 17.0 Å². The highest BCUT2D eigenvalue weighted by atomic mass is 16.3. The third kappa shape index (κ3) is 2.73. The Bertz CT molecular complexity index is 773. The van der Waals surface area contributed by atoms with E-state index in [1.807, 2.05) is 0 Å². The van der Waals surface area contributed by atoms with E-state index in [2.05, 4.69) is 53.7 Å². The second-order valence-electron chi connectivity index (χ2n) is 12.3. The fourth-order valence-corrected chi connectivity index (χ4v) is 8.35. The minimum Gasteiger partial charge on any atom is -0.393 e. The van der Waals surface area contributed by atoms with Gasteiger partial charge in [0, 0.05) is 6.42 Å². The molecule has 29 heavy (non-hydrogen) atoms. The van der Waals surface area contributed by atoms with Crippen LogP contribution in [0.1, 0.15) is 93.4 Å². The lowest BCUT2D eigenvalue weighted by Gasteiger charge is -2.62. The van der Waals surface area contributed by atoms with E-state index in [4.69, 9.17) is 0 Å². The van der Waals surface area contributed by atoms with Gasteiger partial charge in [0.25, 0.3) is 0 Å². The van der Waals surface area contributed by atoms with Gasteiger partial charge in [-0.2, -0.15) is 0 Å². The number of Topliss-reactive ketones (excluding diaryl/α,β-unsaturated/α-hetero) is 1. The van der Waals surface area contributed by atoms with Crippen molar-refractivity contribution in [2.24, 2.45) is 39.4 Å². The molecule has 2 nitrogen and oxygen atoms in total. The Morgan fingerprint density at radius 1 is 1.14 bits per heavy atom. The molecular weight excluding hydrogens is 356 g/mol. The van der Waals surface area contributed by atoms with Crippen LogP contribution in [-0.2, 0) is 4.79 Å². The van der Waals surface area contributed by atoms with E-state index in [0.29, 0.717) is 35.4 Å². The quantitative estimate of drug-likeness (QED) is 0.590. The maximum absolute atomic E-state index is 11.9. The molecule has 2 fully saturated rings. The predicted molar refractivity (Wildman–Crippen MR) is 119 cm³/mol. The Kier molecular flexibility index (Phi) is 4.82. The zero-order valence-corrected chi connectivity index (χ0v) is 19.8. The van der Waals surface area contributed by atoms with E-state index in [1.165, 1.54) is 12.8 Å². The average molecular weight is 399 g/mol. The summed E-state index contributed by atoms with van der Waals surface area (Å²) >= 11 is 0. The Morgan fingerprint density at radius 2 is 1.83 bits per heavy atom. The van der Waals surface area contributed by atoms with Crippen molar-refractivity contribution in [2.75, 3.05) is 0 Å². The summed E-state index contributed by atoms with van der Waals surface area (Å²) in [6.07, 6.45) is 12.4. The van der Waals surface area contributed by atoms with Crippen molar-refractivity contribution in [2.45, 2.75) is 99.5 Å². The van der Waals surface area contributed by atoms with Gasteiger partial charge in [-0.1, -0.05) is 53.7 Å². The normalized spacial score (nSPS) is 46.7. The molecule has 4 aliphatic rings. The van der Waals surface area contributed by atoms with Crippen molar-refractivity contribution in [1.29, 1.82) is 0 Å². The summed E-state index contributed by atoms with van der Waals surface area (Å²) in [6, 6.07) is 0. The lowest BCUT2D eigenvalue weighted by molar-refractivity contribution is -0.122. The zero-order chi connectivity index (χ0) is 21.4. The number of allylic oxidation sites excluding steroid dienone is 4. The van der Waals surface area contributed by atoms with Crippen molar-refractivity contribution in [3.05, 3.63) is 23.3 Å². The van der Waals surface area contributed by atoms with E-state index in [9.17, 15) is 9.90 Å². The molecule has 0 unspecified atom stereocenters. The van der Waals surface area contributed by atoms with Crippen LogP contribution in [0.25, 0.3) is 0 Å². The minimum atomic E-state index is -0.175. The van der Waals surface area contributed by atoms with Crippen LogP contribution in [0, 0.1) is 39.4 Å². The number of ketones is 1. The Balaban J connectivity index is 1.70. The second-order valence-corrected chi connectivity index (χ2v) is 12.3. The summed E-state index contributed by atoms with van der Waals surface area (Å²) in [5, 5.41) is 10.7. The molecule has 162 valence electrons. The van der Waals surface area contributed by atoms with Crippen LogP contribution in [0.4, 0.5) is 0 Å². The van der Waals surface area contributed by atoms with Crippen LogP contribution in [0.15, 0.2) is 23.3 Å². The Morgan fingerprint density at radius 3 is 2.48 bits per heavy atom. The molecule has 2 saturated carbocycles. The van der Waals surface area contributed by atoms with Gasteiger partial charge >= 0.3 is 0 Å². The summed E-state index contributed by atoms with van der Waals surface area (Å²) < 4.78 is 0. The van der Waals surface area contributed by atoms with Crippen molar-refractivity contribution in [3.8, 4) is 0 Å². The highest BCUT2D eigenvalue weighted by molar-refractivity contribution is 5.75. The van der Waals surface area contributed by atoms with Gasteiger partial charge in [0.15, 0.2) is 0 Å². The average Bonchev–Trinajstić information content (AvgIpc) is 2.91. The molecule has 7 atom stereocenters. The fraction of sp³-hybridized carbons (Fsp3) is 0.815. The first-order chi connectivity index (χ1) is 13.4. The number of carbonyl (C=O) groups is 1. The molecule has 0 spiro atoms. The monoisotopic (exact) mass is 398 g/mol. The van der Waals surface area contributed by atoms with Crippen molar-refractivity contribution >= 4 is 5.78 Å². The molecule has 0 amide bonds. The number of fused-ring (bicyclic) bond motifs is 5. The van der Waals surface area contributed by atoms with Crippen LogP contribution in [0.2, 0.25) is 0 Å². The highest BCUT2D eigenvalue weighted by Crippen LogP contribution is 2.70. The van der Waals surface area contributed by atoms with Gasteiger partial charge in [-0.25, -0.2) is 0 Å². The molecule has 0 bridgehead atoms. The van der Waals surface area contributed by atoms with Crippen molar-refractivity contribution in [1.82, 2.24) is 0 Å². The van der Waals surface area contributed by atoms with Crippen LogP contribution in [0.3, 0.4) is 0 Å². The molecule has 0 saturated heterocycles. The molecule has 4 rings (SSSR count). The number of aliphatic hydroxyl groups is 1. The number of hydrogen-bond donors (Lipinski definition) is 1. The molecule has 0 radical (unpaired) electrons. The number of rotatable bonds is 3. The summed E-state index contributed by atoms with van der Waals surface area (Å²) in [5.41, 5.74) is 3.86. The maximum atomic E-state index is 11.9. The van der Waals surface area contributed by atoms with Crippen LogP contribution < -0.4 is 0 Å². The first-order valence-corrected chi connectivity index (χ1v) is 12.0. The molecule has 0 aromatic carbocycles. The van der Waals surface area contributed by atoms with Crippen LogP contribution >= 0.6 is 0 Å². The molecule has 1 N–H and O–H groups in total. The molecule has 0 aromatic rings. The summed E-state index contributed by atoms with van der Waals surface area (Å²) in [4.78, 5) is 11.9. The minimum absolute atomic E-state index is 0.00957. The van der Waals surface area contributed by atoms with Crippen molar-refractivity contribution in [3.63, 3.8) is 0 Å². The number of aliphatic hydroxyl groups excluding tert-OH is 1. The Hall–Kier alpha value is -0.890. The van der Waals surface area contributed by atoms with Gasteiger partial charge in [-0.3, -0.25) is 0 Å². The van der Waals surface area contributed by atoms with E-state index in [1.54, 1.807) is 18.1 Å². The maximum Gasteiger partial charge on any atom is 0.130 e. The third-order valence-corrected chi connectivity index (χ3v) is 10.8. The van der Waals surface area contributed by atoms with Crippen molar-refractivity contribution < 1.29 is 9.90 Å². The summed E-state index contributed by atoms with van der Waals surface area (Å²) in [7, 11) is 0. The van der Waals surface area contributed by atoms with Gasteiger partial charge in [-0.05, 0) is 96.0 Å². The first-order valence-electron chi connectivity index (χ1n) is 12.0. The fourth-order valence-electron chi connectivity index (χ4n) is 8.35. The van der Waals surface area contributed by atoms with Gasteiger partial charge < -0.3 is 9.90 Å². The van der Waals surface area contributed by atoms with Gasteiger partial charge in [0.05, 0.1) is 6.10 Å². The van der Waals surface area contributed by atoms with E-state index in [0.717, 1.165) is 25.7 Å². The zero-order valence-electron chi connectivity index (χ0n) is 19.8. The molecule has 0 heterocycles. The summed E-state index contributed by atoms with van der Waals surface area (Å²) in [6.45, 7) is 16.1. The largest absolute Gasteiger partial charge is 0.393 e. The molecule has 2 heteroatoms. The lowest BCUT2D eigenvalue weighted by Crippen LogP contribution is -2.56. The lowest BCUT2D eigenvalue weighted by atomic mass is 9.43. The third-order valence-electron chi connectivity index (χ3n) is 10.8. The van der Waals surface area contributed by atoms with E-state index in [-0.39, 0.29) is 22.3 Å². The number of hydrogen-bond acceptors (Lipinski definition) is 2.